The van der Waals surface area contributed by atoms with E-state index in [1.54, 1.807) is 14.2 Å². The number of para-hydroxylation sites is 1. The lowest BCUT2D eigenvalue weighted by molar-refractivity contribution is -0.121. The average molecular weight is 371 g/mol. The summed E-state index contributed by atoms with van der Waals surface area (Å²) in [6, 6.07) is 11.8. The van der Waals surface area contributed by atoms with Crippen LogP contribution in [-0.4, -0.2) is 33.3 Å². The lowest BCUT2D eigenvalue weighted by Crippen LogP contribution is -2.26. The summed E-state index contributed by atoms with van der Waals surface area (Å²) in [5, 5.41) is 2.97. The van der Waals surface area contributed by atoms with Crippen molar-refractivity contribution in [2.75, 3.05) is 27.4 Å². The summed E-state index contributed by atoms with van der Waals surface area (Å²) in [6.45, 7) is 5.17. The Morgan fingerprint density at radius 3 is 2.37 bits per heavy atom. The first kappa shape index (κ1) is 20.6. The van der Waals surface area contributed by atoms with Gasteiger partial charge in [0.1, 0.15) is 5.75 Å². The highest BCUT2D eigenvalue weighted by atomic mass is 16.5. The first-order valence-corrected chi connectivity index (χ1v) is 9.21. The number of methoxy groups -OCH3 is 2. The van der Waals surface area contributed by atoms with Gasteiger partial charge in [0.15, 0.2) is 11.5 Å². The van der Waals surface area contributed by atoms with Crippen molar-refractivity contribution < 1.29 is 19.0 Å². The molecule has 2 aromatic rings. The minimum Gasteiger partial charge on any atom is -0.493 e. The first-order chi connectivity index (χ1) is 13.0. The Balaban J connectivity index is 1.71. The van der Waals surface area contributed by atoms with E-state index in [-0.39, 0.29) is 5.91 Å². The van der Waals surface area contributed by atoms with E-state index in [1.165, 1.54) is 0 Å². The number of nitrogens with one attached hydrogen (secondary N) is 1. The van der Waals surface area contributed by atoms with Gasteiger partial charge in [-0.05, 0) is 61.6 Å². The van der Waals surface area contributed by atoms with Gasteiger partial charge in [-0.1, -0.05) is 18.2 Å². The highest BCUT2D eigenvalue weighted by Gasteiger charge is 2.09. The van der Waals surface area contributed by atoms with Crippen LogP contribution < -0.4 is 19.5 Å². The number of hydrogen-bond acceptors (Lipinski definition) is 4. The van der Waals surface area contributed by atoms with Crippen molar-refractivity contribution in [1.82, 2.24) is 5.32 Å². The number of carbonyl (C=O) groups is 1. The van der Waals surface area contributed by atoms with Crippen LogP contribution in [0.5, 0.6) is 17.2 Å². The zero-order chi connectivity index (χ0) is 19.6. The van der Waals surface area contributed by atoms with Crippen LogP contribution in [0.25, 0.3) is 0 Å². The molecule has 2 rings (SSSR count). The van der Waals surface area contributed by atoms with E-state index in [9.17, 15) is 4.79 Å². The van der Waals surface area contributed by atoms with Gasteiger partial charge in [-0.3, -0.25) is 4.79 Å². The van der Waals surface area contributed by atoms with E-state index in [0.29, 0.717) is 31.7 Å². The van der Waals surface area contributed by atoms with Gasteiger partial charge in [0.05, 0.1) is 20.8 Å². The Morgan fingerprint density at radius 1 is 0.963 bits per heavy atom. The molecule has 0 fully saturated rings. The Hall–Kier alpha value is -2.69. The third-order valence-corrected chi connectivity index (χ3v) is 4.46. The van der Waals surface area contributed by atoms with Gasteiger partial charge < -0.3 is 19.5 Å². The molecule has 0 atom stereocenters. The minimum absolute atomic E-state index is 0.0431. The van der Waals surface area contributed by atoms with E-state index < -0.39 is 0 Å². The van der Waals surface area contributed by atoms with Gasteiger partial charge in [-0.15, -0.1) is 0 Å². The lowest BCUT2D eigenvalue weighted by Gasteiger charge is -2.13. The minimum atomic E-state index is 0.0431. The SMILES string of the molecule is COc1cc(C)c(CCNC(=O)CCCOc2ccccc2C)cc1OC. The number of rotatable bonds is 10. The standard InChI is InChI=1S/C22H29NO4/c1-16-8-5-6-9-19(16)27-13-7-10-22(24)23-12-11-18-15-21(26-4)20(25-3)14-17(18)2/h5-6,8-9,14-15H,7,10-13H2,1-4H3,(H,23,24). The van der Waals surface area contributed by atoms with Crippen molar-refractivity contribution in [1.29, 1.82) is 0 Å². The van der Waals surface area contributed by atoms with Gasteiger partial charge in [0, 0.05) is 13.0 Å². The number of carbonyl (C=O) groups excluding carboxylic acids is 1. The Kier molecular flexibility index (Phi) is 7.99. The Bertz CT molecular complexity index is 758. The molecule has 0 saturated carbocycles. The molecule has 1 amide bonds. The van der Waals surface area contributed by atoms with E-state index in [1.807, 2.05) is 50.2 Å². The van der Waals surface area contributed by atoms with Crippen LogP contribution in [0.2, 0.25) is 0 Å². The van der Waals surface area contributed by atoms with Gasteiger partial charge in [-0.25, -0.2) is 0 Å². The monoisotopic (exact) mass is 371 g/mol. The highest BCUT2D eigenvalue weighted by Crippen LogP contribution is 2.30. The summed E-state index contributed by atoms with van der Waals surface area (Å²) in [7, 11) is 3.25. The highest BCUT2D eigenvalue weighted by molar-refractivity contribution is 5.75. The van der Waals surface area contributed by atoms with Crippen molar-refractivity contribution in [3.63, 3.8) is 0 Å². The molecule has 27 heavy (non-hydrogen) atoms. The quantitative estimate of drug-likeness (QED) is 0.645. The average Bonchev–Trinajstić information content (AvgIpc) is 2.67. The zero-order valence-corrected chi connectivity index (χ0v) is 16.6. The van der Waals surface area contributed by atoms with Crippen LogP contribution in [0, 0.1) is 13.8 Å². The molecular weight excluding hydrogens is 342 g/mol. The third-order valence-electron chi connectivity index (χ3n) is 4.46. The maximum atomic E-state index is 12.0. The zero-order valence-electron chi connectivity index (χ0n) is 16.6. The summed E-state index contributed by atoms with van der Waals surface area (Å²) in [5.41, 5.74) is 3.36. The Labute approximate surface area is 161 Å². The predicted molar refractivity (Wildman–Crippen MR) is 107 cm³/mol. The molecule has 0 heterocycles. The largest absolute Gasteiger partial charge is 0.493 e. The van der Waals surface area contributed by atoms with Crippen molar-refractivity contribution in [2.45, 2.75) is 33.1 Å². The number of hydrogen-bond donors (Lipinski definition) is 1. The maximum absolute atomic E-state index is 12.0. The van der Waals surface area contributed by atoms with Crippen LogP contribution in [0.1, 0.15) is 29.5 Å². The molecule has 5 heteroatoms. The second-order valence-corrected chi connectivity index (χ2v) is 6.45. The molecule has 0 aliphatic carbocycles. The fourth-order valence-corrected chi connectivity index (χ4v) is 2.85. The van der Waals surface area contributed by atoms with E-state index in [0.717, 1.165) is 34.6 Å². The summed E-state index contributed by atoms with van der Waals surface area (Å²) in [6.07, 6.45) is 1.89. The van der Waals surface area contributed by atoms with E-state index in [2.05, 4.69) is 5.32 Å². The molecule has 0 bridgehead atoms. The van der Waals surface area contributed by atoms with Crippen molar-refractivity contribution in [2.24, 2.45) is 0 Å². The summed E-state index contributed by atoms with van der Waals surface area (Å²) < 4.78 is 16.4. The van der Waals surface area contributed by atoms with Gasteiger partial charge >= 0.3 is 0 Å². The van der Waals surface area contributed by atoms with Gasteiger partial charge in [-0.2, -0.15) is 0 Å². The predicted octanol–water partition coefficient (Wildman–Crippen LogP) is 3.84. The van der Waals surface area contributed by atoms with Gasteiger partial charge in [0.2, 0.25) is 5.91 Å². The normalized spacial score (nSPS) is 10.4. The van der Waals surface area contributed by atoms with Crippen molar-refractivity contribution in [3.8, 4) is 17.2 Å². The number of amides is 1. The summed E-state index contributed by atoms with van der Waals surface area (Å²) in [4.78, 5) is 12.0. The second-order valence-electron chi connectivity index (χ2n) is 6.45. The summed E-state index contributed by atoms with van der Waals surface area (Å²) >= 11 is 0. The van der Waals surface area contributed by atoms with E-state index >= 15 is 0 Å². The molecule has 0 aliphatic rings. The molecule has 0 aliphatic heterocycles. The van der Waals surface area contributed by atoms with Crippen LogP contribution in [0.15, 0.2) is 36.4 Å². The third kappa shape index (κ3) is 6.20. The molecule has 0 saturated heterocycles. The van der Waals surface area contributed by atoms with Crippen molar-refractivity contribution >= 4 is 5.91 Å². The van der Waals surface area contributed by atoms with Crippen LogP contribution in [-0.2, 0) is 11.2 Å². The fraction of sp³-hybridized carbons (Fsp3) is 0.409. The smallest absolute Gasteiger partial charge is 0.220 e. The fourth-order valence-electron chi connectivity index (χ4n) is 2.85. The molecule has 0 radical (unpaired) electrons. The second kappa shape index (κ2) is 10.5. The maximum Gasteiger partial charge on any atom is 0.220 e. The summed E-state index contributed by atoms with van der Waals surface area (Å²) in [5.74, 6) is 2.34. The molecule has 0 spiro atoms. The molecular formula is C22H29NO4. The first-order valence-electron chi connectivity index (χ1n) is 9.21. The van der Waals surface area contributed by atoms with Crippen LogP contribution >= 0.6 is 0 Å². The van der Waals surface area contributed by atoms with Crippen molar-refractivity contribution in [3.05, 3.63) is 53.1 Å². The molecule has 0 unspecified atom stereocenters. The van der Waals surface area contributed by atoms with Crippen LogP contribution in [0.4, 0.5) is 0 Å². The lowest BCUT2D eigenvalue weighted by atomic mass is 10.0. The number of ether oxygens (including phenoxy) is 3. The molecule has 1 N–H and O–H groups in total. The number of aryl methyl sites for hydroxylation is 2. The topological polar surface area (TPSA) is 56.8 Å². The molecule has 2 aromatic carbocycles. The molecule has 146 valence electrons. The number of benzene rings is 2. The van der Waals surface area contributed by atoms with Crippen LogP contribution in [0.3, 0.4) is 0 Å². The van der Waals surface area contributed by atoms with E-state index in [4.69, 9.17) is 14.2 Å². The molecule has 0 aromatic heterocycles. The Morgan fingerprint density at radius 2 is 1.67 bits per heavy atom. The molecule has 5 nitrogen and oxygen atoms in total. The van der Waals surface area contributed by atoms with Gasteiger partial charge in [0.25, 0.3) is 0 Å².